The van der Waals surface area contributed by atoms with Crippen LogP contribution < -0.4 is 0 Å². The summed E-state index contributed by atoms with van der Waals surface area (Å²) in [4.78, 5) is 15.3. The molecule has 1 saturated heterocycles. The van der Waals surface area contributed by atoms with Crippen molar-refractivity contribution in [3.63, 3.8) is 0 Å². The predicted octanol–water partition coefficient (Wildman–Crippen LogP) is 3.72. The van der Waals surface area contributed by atoms with E-state index < -0.39 is 10.0 Å². The van der Waals surface area contributed by atoms with Crippen LogP contribution >= 0.6 is 0 Å². The van der Waals surface area contributed by atoms with E-state index in [4.69, 9.17) is 0 Å². The second-order valence-electron chi connectivity index (χ2n) is 9.08. The molecule has 1 aromatic heterocycles. The SMILES string of the molecule is CCn1nc(C(C)C)cc1C(=O)N1CCN(S(=O)(=O)c2c(C)c(C)c(C)c(C)c2C)CC1. The van der Waals surface area contributed by atoms with Crippen LogP contribution in [0.1, 0.15) is 70.7 Å². The van der Waals surface area contributed by atoms with Gasteiger partial charge in [0.25, 0.3) is 5.91 Å². The summed E-state index contributed by atoms with van der Waals surface area (Å²) < 4.78 is 30.4. The molecule has 1 aliphatic heterocycles. The third-order valence-corrected chi connectivity index (χ3v) is 9.14. The van der Waals surface area contributed by atoms with Crippen molar-refractivity contribution in [3.05, 3.63) is 45.3 Å². The van der Waals surface area contributed by atoms with E-state index in [2.05, 4.69) is 18.9 Å². The van der Waals surface area contributed by atoms with Gasteiger partial charge in [0.15, 0.2) is 0 Å². The number of hydrogen-bond acceptors (Lipinski definition) is 4. The largest absolute Gasteiger partial charge is 0.335 e. The Morgan fingerprint density at radius 1 is 0.938 bits per heavy atom. The van der Waals surface area contributed by atoms with Gasteiger partial charge >= 0.3 is 0 Å². The minimum atomic E-state index is -3.64. The highest BCUT2D eigenvalue weighted by Gasteiger charge is 2.34. The summed E-state index contributed by atoms with van der Waals surface area (Å²) in [6.45, 7) is 17.8. The molecule has 1 amide bonds. The highest BCUT2D eigenvalue weighted by atomic mass is 32.2. The molecule has 2 heterocycles. The van der Waals surface area contributed by atoms with Crippen LogP contribution in [-0.2, 0) is 16.6 Å². The molecule has 0 spiro atoms. The minimum Gasteiger partial charge on any atom is -0.335 e. The number of piperazine rings is 1. The van der Waals surface area contributed by atoms with E-state index in [0.29, 0.717) is 30.2 Å². The maximum absolute atomic E-state index is 13.6. The van der Waals surface area contributed by atoms with Crippen LogP contribution in [0.15, 0.2) is 11.0 Å². The number of carbonyl (C=O) groups is 1. The molecule has 0 atom stereocenters. The van der Waals surface area contributed by atoms with Gasteiger partial charge in [-0.15, -0.1) is 0 Å². The van der Waals surface area contributed by atoms with Crippen molar-refractivity contribution in [2.24, 2.45) is 0 Å². The highest BCUT2D eigenvalue weighted by molar-refractivity contribution is 7.89. The number of nitrogens with zero attached hydrogens (tertiary/aromatic N) is 4. The molecule has 0 aliphatic carbocycles. The molecule has 0 N–H and O–H groups in total. The van der Waals surface area contributed by atoms with E-state index in [1.807, 2.05) is 47.6 Å². The molecule has 1 fully saturated rings. The van der Waals surface area contributed by atoms with Crippen LogP contribution in [0.25, 0.3) is 0 Å². The number of sulfonamides is 1. The summed E-state index contributed by atoms with van der Waals surface area (Å²) >= 11 is 0. The van der Waals surface area contributed by atoms with Crippen LogP contribution in [0, 0.1) is 34.6 Å². The zero-order valence-corrected chi connectivity index (χ0v) is 21.4. The van der Waals surface area contributed by atoms with E-state index in [9.17, 15) is 13.2 Å². The molecule has 176 valence electrons. The first kappa shape index (κ1) is 24.5. The third kappa shape index (κ3) is 4.10. The fourth-order valence-corrected chi connectivity index (χ4v) is 6.39. The van der Waals surface area contributed by atoms with Crippen LogP contribution in [0.3, 0.4) is 0 Å². The molecule has 32 heavy (non-hydrogen) atoms. The lowest BCUT2D eigenvalue weighted by Gasteiger charge is -2.35. The molecule has 0 unspecified atom stereocenters. The maximum Gasteiger partial charge on any atom is 0.272 e. The van der Waals surface area contributed by atoms with E-state index >= 15 is 0 Å². The molecular weight excluding hydrogens is 424 g/mol. The van der Waals surface area contributed by atoms with Crippen molar-refractivity contribution in [2.45, 2.75) is 72.7 Å². The fourth-order valence-electron chi connectivity index (χ4n) is 4.41. The minimum absolute atomic E-state index is 0.0855. The van der Waals surface area contributed by atoms with Crippen molar-refractivity contribution in [3.8, 4) is 0 Å². The van der Waals surface area contributed by atoms with Crippen molar-refractivity contribution >= 4 is 15.9 Å². The Kier molecular flexibility index (Phi) is 6.86. The number of aromatic nitrogens is 2. The Balaban J connectivity index is 1.83. The van der Waals surface area contributed by atoms with Gasteiger partial charge in [-0.05, 0) is 81.3 Å². The standard InChI is InChI=1S/C24H36N4O3S/c1-9-28-22(14-21(25-28)15(2)3)24(29)26-10-12-27(13-11-26)32(30,31)23-19(7)17(5)16(4)18(6)20(23)8/h14-15H,9-13H2,1-8H3. The first-order valence-corrected chi connectivity index (χ1v) is 12.8. The van der Waals surface area contributed by atoms with E-state index in [1.54, 1.807) is 9.58 Å². The average Bonchev–Trinajstić information content (AvgIpc) is 3.21. The summed E-state index contributed by atoms with van der Waals surface area (Å²) in [7, 11) is -3.64. The molecule has 1 aromatic carbocycles. The van der Waals surface area contributed by atoms with Gasteiger partial charge in [0.2, 0.25) is 10.0 Å². The van der Waals surface area contributed by atoms with E-state index in [1.165, 1.54) is 4.31 Å². The number of aryl methyl sites for hydroxylation is 1. The molecule has 3 rings (SSSR count). The molecule has 0 bridgehead atoms. The highest BCUT2D eigenvalue weighted by Crippen LogP contribution is 2.32. The Labute approximate surface area is 192 Å². The van der Waals surface area contributed by atoms with Crippen LogP contribution in [-0.4, -0.2) is 59.5 Å². The first-order valence-electron chi connectivity index (χ1n) is 11.4. The van der Waals surface area contributed by atoms with Gasteiger partial charge in [-0.25, -0.2) is 8.42 Å². The Hall–Kier alpha value is -2.19. The van der Waals surface area contributed by atoms with Gasteiger partial charge in [-0.3, -0.25) is 9.48 Å². The molecule has 7 nitrogen and oxygen atoms in total. The van der Waals surface area contributed by atoms with E-state index in [-0.39, 0.29) is 24.9 Å². The van der Waals surface area contributed by atoms with Gasteiger partial charge < -0.3 is 4.90 Å². The van der Waals surface area contributed by atoms with Gasteiger partial charge in [-0.2, -0.15) is 9.40 Å². The van der Waals surface area contributed by atoms with Gasteiger partial charge in [0, 0.05) is 32.7 Å². The first-order chi connectivity index (χ1) is 14.9. The smallest absolute Gasteiger partial charge is 0.272 e. The van der Waals surface area contributed by atoms with Crippen molar-refractivity contribution in [2.75, 3.05) is 26.2 Å². The quantitative estimate of drug-likeness (QED) is 0.682. The predicted molar refractivity (Wildman–Crippen MR) is 127 cm³/mol. The fraction of sp³-hybridized carbons (Fsp3) is 0.583. The lowest BCUT2D eigenvalue weighted by atomic mass is 9.95. The number of benzene rings is 1. The number of rotatable bonds is 5. The third-order valence-electron chi connectivity index (χ3n) is 6.96. The normalized spacial score (nSPS) is 15.6. The van der Waals surface area contributed by atoms with Gasteiger partial charge in [-0.1, -0.05) is 13.8 Å². The second kappa shape index (κ2) is 8.98. The average molecular weight is 461 g/mol. The summed E-state index contributed by atoms with van der Waals surface area (Å²) in [5.74, 6) is 0.155. The molecular formula is C24H36N4O3S. The molecule has 2 aromatic rings. The van der Waals surface area contributed by atoms with Crippen molar-refractivity contribution in [1.82, 2.24) is 19.0 Å². The molecule has 1 aliphatic rings. The Bertz CT molecular complexity index is 1110. The lowest BCUT2D eigenvalue weighted by Crippen LogP contribution is -2.51. The Morgan fingerprint density at radius 3 is 1.91 bits per heavy atom. The van der Waals surface area contributed by atoms with Crippen LogP contribution in [0.2, 0.25) is 0 Å². The second-order valence-corrected chi connectivity index (χ2v) is 11.0. The maximum atomic E-state index is 13.6. The van der Waals surface area contributed by atoms with Gasteiger partial charge in [0.05, 0.1) is 10.6 Å². The molecule has 0 radical (unpaired) electrons. The molecule has 0 saturated carbocycles. The van der Waals surface area contributed by atoms with Crippen molar-refractivity contribution in [1.29, 1.82) is 0 Å². The number of amides is 1. The van der Waals surface area contributed by atoms with Gasteiger partial charge in [0.1, 0.15) is 5.69 Å². The van der Waals surface area contributed by atoms with E-state index in [0.717, 1.165) is 33.5 Å². The zero-order chi connectivity index (χ0) is 24.0. The van der Waals surface area contributed by atoms with Crippen LogP contribution in [0.4, 0.5) is 0 Å². The number of carbonyl (C=O) groups excluding carboxylic acids is 1. The summed E-state index contributed by atoms with van der Waals surface area (Å²) in [5, 5.41) is 4.54. The summed E-state index contributed by atoms with van der Waals surface area (Å²) in [5.41, 5.74) is 6.29. The number of hydrogen-bond donors (Lipinski definition) is 0. The zero-order valence-electron chi connectivity index (χ0n) is 20.6. The Morgan fingerprint density at radius 2 is 1.44 bits per heavy atom. The molecule has 8 heteroatoms. The monoisotopic (exact) mass is 460 g/mol. The summed E-state index contributed by atoms with van der Waals surface area (Å²) in [6, 6.07) is 1.87. The summed E-state index contributed by atoms with van der Waals surface area (Å²) in [6.07, 6.45) is 0. The van der Waals surface area contributed by atoms with Crippen molar-refractivity contribution < 1.29 is 13.2 Å². The lowest BCUT2D eigenvalue weighted by molar-refractivity contribution is 0.0685. The van der Waals surface area contributed by atoms with Crippen LogP contribution in [0.5, 0.6) is 0 Å². The topological polar surface area (TPSA) is 75.5 Å².